The molecule has 0 saturated carbocycles. The molecule has 0 aromatic heterocycles. The lowest BCUT2D eigenvalue weighted by atomic mass is 10.0. The molecule has 2 aromatic rings. The van der Waals surface area contributed by atoms with Crippen molar-refractivity contribution in [2.45, 2.75) is 34.2 Å². The molecule has 0 spiro atoms. The molecule has 1 aliphatic rings. The summed E-state index contributed by atoms with van der Waals surface area (Å²) in [5, 5.41) is 0. The first-order chi connectivity index (χ1) is 14.5. The molecule has 0 aliphatic carbocycles. The van der Waals surface area contributed by atoms with Gasteiger partial charge in [0.15, 0.2) is 0 Å². The van der Waals surface area contributed by atoms with Crippen LogP contribution in [0.15, 0.2) is 60.3 Å². The molecule has 0 atom stereocenters. The van der Waals surface area contributed by atoms with Gasteiger partial charge in [-0.2, -0.15) is 0 Å². The van der Waals surface area contributed by atoms with Crippen LogP contribution in [0.5, 0.6) is 5.75 Å². The van der Waals surface area contributed by atoms with E-state index in [0.717, 1.165) is 16.9 Å². The van der Waals surface area contributed by atoms with Crippen molar-refractivity contribution in [3.8, 4) is 5.75 Å². The van der Waals surface area contributed by atoms with Crippen molar-refractivity contribution in [1.29, 1.82) is 0 Å². The molecule has 0 bridgehead atoms. The molecule has 0 fully saturated rings. The van der Waals surface area contributed by atoms with Crippen molar-refractivity contribution in [1.82, 2.24) is 9.80 Å². The Morgan fingerprint density at radius 1 is 0.933 bits per heavy atom. The molecule has 158 valence electrons. The topological polar surface area (TPSA) is 49.9 Å². The zero-order valence-electron chi connectivity index (χ0n) is 18.2. The smallest absolute Gasteiger partial charge is 0.277 e. The minimum Gasteiger partial charge on any atom is -0.494 e. The maximum absolute atomic E-state index is 13.4. The summed E-state index contributed by atoms with van der Waals surface area (Å²) in [7, 11) is 0. The number of amides is 2. The van der Waals surface area contributed by atoms with E-state index in [0.29, 0.717) is 37.5 Å². The normalized spacial score (nSPS) is 14.1. The molecule has 3 rings (SSSR count). The van der Waals surface area contributed by atoms with E-state index < -0.39 is 0 Å². The maximum atomic E-state index is 13.4. The van der Waals surface area contributed by atoms with Crippen molar-refractivity contribution in [3.63, 3.8) is 0 Å². The van der Waals surface area contributed by atoms with Crippen LogP contribution in [0.1, 0.15) is 38.8 Å². The van der Waals surface area contributed by atoms with Gasteiger partial charge in [-0.25, -0.2) is 0 Å². The lowest BCUT2D eigenvalue weighted by molar-refractivity contribution is -0.138. The molecule has 30 heavy (non-hydrogen) atoms. The highest BCUT2D eigenvalue weighted by Crippen LogP contribution is 2.33. The van der Waals surface area contributed by atoms with Crippen LogP contribution in [-0.2, 0) is 16.1 Å². The van der Waals surface area contributed by atoms with E-state index in [1.807, 2.05) is 87.2 Å². The predicted molar refractivity (Wildman–Crippen MR) is 119 cm³/mol. The van der Waals surface area contributed by atoms with E-state index in [2.05, 4.69) is 0 Å². The highest BCUT2D eigenvalue weighted by molar-refractivity contribution is 6.35. The van der Waals surface area contributed by atoms with Crippen LogP contribution >= 0.6 is 0 Å². The summed E-state index contributed by atoms with van der Waals surface area (Å²) in [5.74, 6) is 0.508. The molecule has 2 amide bonds. The Bertz CT molecular complexity index is 917. The molecular weight excluding hydrogens is 376 g/mol. The van der Waals surface area contributed by atoms with Crippen molar-refractivity contribution in [2.75, 3.05) is 19.7 Å². The van der Waals surface area contributed by atoms with Gasteiger partial charge in [-0.1, -0.05) is 56.3 Å². The second-order valence-electron chi connectivity index (χ2n) is 7.80. The van der Waals surface area contributed by atoms with E-state index in [9.17, 15) is 9.59 Å². The lowest BCUT2D eigenvalue weighted by Crippen LogP contribution is -2.37. The molecule has 0 radical (unpaired) electrons. The van der Waals surface area contributed by atoms with E-state index >= 15 is 0 Å². The minimum atomic E-state index is -0.223. The standard InChI is InChI=1S/C25H30N2O3/c1-5-26(17-19-10-8-7-9-11-19)23-22(20-12-14-21(15-13-20)30-6-2)24(28)27(25(23)29)16-18(3)4/h7-15,18H,5-6,16-17H2,1-4H3. The zero-order valence-corrected chi connectivity index (χ0v) is 18.2. The molecular formula is C25H30N2O3. The molecule has 1 heterocycles. The fraction of sp³-hybridized carbons (Fsp3) is 0.360. The van der Waals surface area contributed by atoms with Gasteiger partial charge in [0.1, 0.15) is 11.4 Å². The quantitative estimate of drug-likeness (QED) is 0.581. The van der Waals surface area contributed by atoms with E-state index in [-0.39, 0.29) is 17.7 Å². The van der Waals surface area contributed by atoms with Crippen LogP contribution in [0, 0.1) is 5.92 Å². The highest BCUT2D eigenvalue weighted by Gasteiger charge is 2.41. The average molecular weight is 407 g/mol. The van der Waals surface area contributed by atoms with Gasteiger partial charge in [-0.15, -0.1) is 0 Å². The summed E-state index contributed by atoms with van der Waals surface area (Å²) in [6, 6.07) is 17.4. The Labute approximate surface area is 178 Å². The fourth-order valence-electron chi connectivity index (χ4n) is 3.69. The predicted octanol–water partition coefficient (Wildman–Crippen LogP) is 4.34. The van der Waals surface area contributed by atoms with Gasteiger partial charge in [0.25, 0.3) is 11.8 Å². The number of nitrogens with zero attached hydrogens (tertiary/aromatic N) is 2. The number of ether oxygens (including phenoxy) is 1. The number of benzene rings is 2. The van der Waals surface area contributed by atoms with E-state index in [1.54, 1.807) is 0 Å². The Hall–Kier alpha value is -3.08. The third kappa shape index (κ3) is 4.56. The number of carbonyl (C=O) groups excluding carboxylic acids is 2. The van der Waals surface area contributed by atoms with Crippen molar-refractivity contribution < 1.29 is 14.3 Å². The molecule has 5 nitrogen and oxygen atoms in total. The zero-order chi connectivity index (χ0) is 21.7. The van der Waals surface area contributed by atoms with Crippen LogP contribution in [-0.4, -0.2) is 41.3 Å². The lowest BCUT2D eigenvalue weighted by Gasteiger charge is -2.25. The molecule has 0 saturated heterocycles. The van der Waals surface area contributed by atoms with E-state index in [1.165, 1.54) is 4.90 Å². The van der Waals surface area contributed by atoms with Gasteiger partial charge in [-0.05, 0) is 43.0 Å². The number of hydrogen-bond donors (Lipinski definition) is 0. The van der Waals surface area contributed by atoms with Gasteiger partial charge in [0, 0.05) is 19.6 Å². The highest BCUT2D eigenvalue weighted by atomic mass is 16.5. The van der Waals surface area contributed by atoms with Crippen LogP contribution in [0.2, 0.25) is 0 Å². The summed E-state index contributed by atoms with van der Waals surface area (Å²) < 4.78 is 5.53. The minimum absolute atomic E-state index is 0.197. The summed E-state index contributed by atoms with van der Waals surface area (Å²) >= 11 is 0. The second kappa shape index (κ2) is 9.61. The number of carbonyl (C=O) groups is 2. The van der Waals surface area contributed by atoms with Crippen LogP contribution in [0.4, 0.5) is 0 Å². The Morgan fingerprint density at radius 3 is 2.17 bits per heavy atom. The van der Waals surface area contributed by atoms with Gasteiger partial charge < -0.3 is 9.64 Å². The summed E-state index contributed by atoms with van der Waals surface area (Å²) in [6.45, 7) is 10.1. The molecule has 0 N–H and O–H groups in total. The monoisotopic (exact) mass is 406 g/mol. The Balaban J connectivity index is 2.05. The fourth-order valence-corrected chi connectivity index (χ4v) is 3.69. The molecule has 5 heteroatoms. The summed E-state index contributed by atoms with van der Waals surface area (Å²) in [6.07, 6.45) is 0. The molecule has 0 unspecified atom stereocenters. The van der Waals surface area contributed by atoms with Crippen LogP contribution in [0.25, 0.3) is 5.57 Å². The van der Waals surface area contributed by atoms with Gasteiger partial charge in [0.2, 0.25) is 0 Å². The van der Waals surface area contributed by atoms with Gasteiger partial charge in [0.05, 0.1) is 12.2 Å². The summed E-state index contributed by atoms with van der Waals surface area (Å²) in [5.41, 5.74) is 2.79. The Kier molecular flexibility index (Phi) is 6.93. The molecule has 1 aliphatic heterocycles. The number of likely N-dealkylation sites (N-methyl/N-ethyl adjacent to an activating group) is 1. The first-order valence-electron chi connectivity index (χ1n) is 10.6. The average Bonchev–Trinajstić information content (AvgIpc) is 2.98. The molecule has 2 aromatic carbocycles. The van der Waals surface area contributed by atoms with Crippen LogP contribution < -0.4 is 4.74 Å². The first kappa shape index (κ1) is 21.6. The van der Waals surface area contributed by atoms with E-state index in [4.69, 9.17) is 4.74 Å². The largest absolute Gasteiger partial charge is 0.494 e. The number of imide groups is 1. The van der Waals surface area contributed by atoms with Gasteiger partial charge in [-0.3, -0.25) is 14.5 Å². The SMILES string of the molecule is CCOc1ccc(C2=C(N(CC)Cc3ccccc3)C(=O)N(CC(C)C)C2=O)cc1. The van der Waals surface area contributed by atoms with Crippen molar-refractivity contribution >= 4 is 17.4 Å². The number of hydrogen-bond acceptors (Lipinski definition) is 4. The Morgan fingerprint density at radius 2 is 1.60 bits per heavy atom. The van der Waals surface area contributed by atoms with Crippen LogP contribution in [0.3, 0.4) is 0 Å². The van der Waals surface area contributed by atoms with Gasteiger partial charge >= 0.3 is 0 Å². The number of rotatable bonds is 9. The summed E-state index contributed by atoms with van der Waals surface area (Å²) in [4.78, 5) is 30.1. The maximum Gasteiger partial charge on any atom is 0.277 e. The van der Waals surface area contributed by atoms with Crippen molar-refractivity contribution in [2.24, 2.45) is 5.92 Å². The second-order valence-corrected chi connectivity index (χ2v) is 7.80. The van der Waals surface area contributed by atoms with Crippen molar-refractivity contribution in [3.05, 3.63) is 71.4 Å². The third-order valence-corrected chi connectivity index (χ3v) is 5.06. The first-order valence-corrected chi connectivity index (χ1v) is 10.6. The third-order valence-electron chi connectivity index (χ3n) is 5.06.